The second kappa shape index (κ2) is 37.6. The molecule has 0 bridgehead atoms. The Labute approximate surface area is 301 Å². The molecule has 8 heteroatoms. The lowest BCUT2D eigenvalue weighted by Crippen LogP contribution is -2.22. The normalized spacial score (nSPS) is 11.9. The zero-order valence-electron chi connectivity index (χ0n) is 32.5. The molecule has 0 N–H and O–H groups in total. The van der Waals surface area contributed by atoms with Crippen molar-refractivity contribution in [3.05, 3.63) is 0 Å². The zero-order chi connectivity index (χ0) is 36.0. The molecular weight excluding hydrogens is 620 g/mol. The standard InChI is InChI=1S/C41H78O8/c1-5-8-11-14-17-18-21-25-32-45-38(42)28-23-22-24-29-39(43)48-35-37(4)36-49-40(44)30-31-41(46-33-26-19-15-12-9-6-2)47-34-27-20-16-13-10-7-3/h37,41H,5-36H2,1-4H3. The van der Waals surface area contributed by atoms with Crippen LogP contribution >= 0.6 is 0 Å². The van der Waals surface area contributed by atoms with Crippen LogP contribution in [0.3, 0.4) is 0 Å². The van der Waals surface area contributed by atoms with Crippen LogP contribution in [-0.4, -0.2) is 57.2 Å². The van der Waals surface area contributed by atoms with E-state index in [1.165, 1.54) is 89.9 Å². The number of hydrogen-bond donors (Lipinski definition) is 0. The van der Waals surface area contributed by atoms with Crippen LogP contribution in [0.1, 0.15) is 201 Å². The molecule has 0 aromatic carbocycles. The number of ether oxygens (including phenoxy) is 5. The summed E-state index contributed by atoms with van der Waals surface area (Å²) in [6, 6.07) is 0. The van der Waals surface area contributed by atoms with Gasteiger partial charge in [0.25, 0.3) is 0 Å². The van der Waals surface area contributed by atoms with Crippen molar-refractivity contribution in [3.8, 4) is 0 Å². The highest BCUT2D eigenvalue weighted by molar-refractivity contribution is 5.70. The average molecular weight is 699 g/mol. The minimum Gasteiger partial charge on any atom is -0.466 e. The Bertz CT molecular complexity index is 725. The second-order valence-corrected chi connectivity index (χ2v) is 14.0. The van der Waals surface area contributed by atoms with Gasteiger partial charge in [-0.1, -0.05) is 143 Å². The first-order valence-electron chi connectivity index (χ1n) is 20.6. The van der Waals surface area contributed by atoms with Crippen molar-refractivity contribution in [2.24, 2.45) is 5.92 Å². The van der Waals surface area contributed by atoms with Crippen molar-refractivity contribution in [3.63, 3.8) is 0 Å². The number of hydrogen-bond acceptors (Lipinski definition) is 8. The summed E-state index contributed by atoms with van der Waals surface area (Å²) in [6.07, 6.45) is 27.4. The van der Waals surface area contributed by atoms with Gasteiger partial charge in [0, 0.05) is 38.4 Å². The maximum Gasteiger partial charge on any atom is 0.305 e. The number of carbonyl (C=O) groups is 3. The maximum absolute atomic E-state index is 12.5. The first kappa shape index (κ1) is 47.3. The van der Waals surface area contributed by atoms with Crippen molar-refractivity contribution in [2.45, 2.75) is 207 Å². The van der Waals surface area contributed by atoms with Crippen LogP contribution in [-0.2, 0) is 38.1 Å². The summed E-state index contributed by atoms with van der Waals surface area (Å²) in [5.74, 6) is -0.785. The van der Waals surface area contributed by atoms with Crippen LogP contribution in [0, 0.1) is 5.92 Å². The van der Waals surface area contributed by atoms with Gasteiger partial charge in [-0.3, -0.25) is 14.4 Å². The molecule has 8 nitrogen and oxygen atoms in total. The summed E-state index contributed by atoms with van der Waals surface area (Å²) in [7, 11) is 0. The Morgan fingerprint density at radius 3 is 1.20 bits per heavy atom. The first-order valence-corrected chi connectivity index (χ1v) is 20.6. The van der Waals surface area contributed by atoms with E-state index in [4.69, 9.17) is 23.7 Å². The van der Waals surface area contributed by atoms with Gasteiger partial charge >= 0.3 is 17.9 Å². The fourth-order valence-corrected chi connectivity index (χ4v) is 5.52. The Balaban J connectivity index is 4.00. The van der Waals surface area contributed by atoms with E-state index in [0.29, 0.717) is 51.9 Å². The largest absolute Gasteiger partial charge is 0.466 e. The molecule has 0 aliphatic rings. The van der Waals surface area contributed by atoms with E-state index in [0.717, 1.165) is 44.9 Å². The number of carbonyl (C=O) groups excluding carboxylic acids is 3. The highest BCUT2D eigenvalue weighted by Gasteiger charge is 2.15. The second-order valence-electron chi connectivity index (χ2n) is 14.0. The smallest absolute Gasteiger partial charge is 0.305 e. The molecule has 0 amide bonds. The Kier molecular flexibility index (Phi) is 36.3. The van der Waals surface area contributed by atoms with E-state index in [1.807, 2.05) is 6.92 Å². The summed E-state index contributed by atoms with van der Waals surface area (Å²) >= 11 is 0. The SMILES string of the molecule is CCCCCCCCCCOC(=O)CCCCCC(=O)OCC(C)COC(=O)CCC(OCCCCCCCC)OCCCCCCCC. The third-order valence-corrected chi connectivity index (χ3v) is 8.77. The average Bonchev–Trinajstić information content (AvgIpc) is 3.10. The quantitative estimate of drug-likeness (QED) is 0.0272. The van der Waals surface area contributed by atoms with E-state index in [-0.39, 0.29) is 49.8 Å². The van der Waals surface area contributed by atoms with Crippen LogP contribution in [0.15, 0.2) is 0 Å². The van der Waals surface area contributed by atoms with Crippen LogP contribution in [0.2, 0.25) is 0 Å². The van der Waals surface area contributed by atoms with Gasteiger partial charge in [0.1, 0.15) is 0 Å². The number of esters is 3. The molecule has 0 aliphatic heterocycles. The fourth-order valence-electron chi connectivity index (χ4n) is 5.52. The number of unbranched alkanes of at least 4 members (excludes halogenated alkanes) is 19. The molecule has 0 rings (SSSR count). The van der Waals surface area contributed by atoms with Crippen molar-refractivity contribution >= 4 is 17.9 Å². The minimum absolute atomic E-state index is 0.0903. The molecule has 0 heterocycles. The Morgan fingerprint density at radius 1 is 0.408 bits per heavy atom. The molecular formula is C41H78O8. The van der Waals surface area contributed by atoms with E-state index in [2.05, 4.69) is 20.8 Å². The topological polar surface area (TPSA) is 97.4 Å². The van der Waals surface area contributed by atoms with Gasteiger partial charge in [0.15, 0.2) is 6.29 Å². The molecule has 290 valence electrons. The number of rotatable bonds is 38. The molecule has 0 aliphatic carbocycles. The summed E-state index contributed by atoms with van der Waals surface area (Å²) in [5, 5.41) is 0. The van der Waals surface area contributed by atoms with Crippen molar-refractivity contribution in [1.29, 1.82) is 0 Å². The molecule has 0 radical (unpaired) electrons. The summed E-state index contributed by atoms with van der Waals surface area (Å²) in [4.78, 5) is 36.5. The van der Waals surface area contributed by atoms with Crippen LogP contribution < -0.4 is 0 Å². The Hall–Kier alpha value is -1.67. The molecule has 49 heavy (non-hydrogen) atoms. The molecule has 0 fully saturated rings. The summed E-state index contributed by atoms with van der Waals surface area (Å²) < 4.78 is 28.2. The Morgan fingerprint density at radius 2 is 0.755 bits per heavy atom. The van der Waals surface area contributed by atoms with Crippen LogP contribution in [0.5, 0.6) is 0 Å². The van der Waals surface area contributed by atoms with Gasteiger partial charge in [-0.25, -0.2) is 0 Å². The summed E-state index contributed by atoms with van der Waals surface area (Å²) in [6.45, 7) is 10.8. The molecule has 0 saturated heterocycles. The van der Waals surface area contributed by atoms with E-state index in [1.54, 1.807) is 0 Å². The molecule has 1 atom stereocenters. The maximum atomic E-state index is 12.5. The lowest BCUT2D eigenvalue weighted by molar-refractivity contribution is -0.160. The van der Waals surface area contributed by atoms with Gasteiger partial charge in [0.2, 0.25) is 0 Å². The molecule has 0 aromatic heterocycles. The van der Waals surface area contributed by atoms with E-state index in [9.17, 15) is 14.4 Å². The first-order chi connectivity index (χ1) is 23.9. The van der Waals surface area contributed by atoms with Crippen LogP contribution in [0.4, 0.5) is 0 Å². The van der Waals surface area contributed by atoms with Crippen molar-refractivity contribution in [2.75, 3.05) is 33.0 Å². The predicted molar refractivity (Wildman–Crippen MR) is 199 cm³/mol. The van der Waals surface area contributed by atoms with E-state index < -0.39 is 0 Å². The van der Waals surface area contributed by atoms with Crippen molar-refractivity contribution in [1.82, 2.24) is 0 Å². The highest BCUT2D eigenvalue weighted by Crippen LogP contribution is 2.13. The van der Waals surface area contributed by atoms with E-state index >= 15 is 0 Å². The van der Waals surface area contributed by atoms with Gasteiger partial charge in [0.05, 0.1) is 26.2 Å². The van der Waals surface area contributed by atoms with Gasteiger partial charge in [-0.15, -0.1) is 0 Å². The lowest BCUT2D eigenvalue weighted by Gasteiger charge is -2.19. The van der Waals surface area contributed by atoms with Crippen molar-refractivity contribution < 1.29 is 38.1 Å². The van der Waals surface area contributed by atoms with Gasteiger partial charge < -0.3 is 23.7 Å². The molecule has 0 aromatic rings. The fraction of sp³-hybridized carbons (Fsp3) is 0.927. The summed E-state index contributed by atoms with van der Waals surface area (Å²) in [5.41, 5.74) is 0. The minimum atomic E-state index is -0.387. The molecule has 1 unspecified atom stereocenters. The van der Waals surface area contributed by atoms with Gasteiger partial charge in [-0.2, -0.15) is 0 Å². The third-order valence-electron chi connectivity index (χ3n) is 8.77. The van der Waals surface area contributed by atoms with Crippen LogP contribution in [0.25, 0.3) is 0 Å². The highest BCUT2D eigenvalue weighted by atomic mass is 16.7. The third kappa shape index (κ3) is 35.9. The zero-order valence-corrected chi connectivity index (χ0v) is 32.5. The monoisotopic (exact) mass is 699 g/mol. The molecule has 0 saturated carbocycles. The lowest BCUT2D eigenvalue weighted by atomic mass is 10.1. The molecule has 0 spiro atoms. The van der Waals surface area contributed by atoms with Gasteiger partial charge in [-0.05, 0) is 32.1 Å². The predicted octanol–water partition coefficient (Wildman–Crippen LogP) is 11.2.